The van der Waals surface area contributed by atoms with Crippen molar-refractivity contribution in [3.63, 3.8) is 0 Å². The van der Waals surface area contributed by atoms with Gasteiger partial charge < -0.3 is 10.6 Å². The van der Waals surface area contributed by atoms with Crippen molar-refractivity contribution in [2.75, 3.05) is 18.4 Å². The molecule has 0 spiro atoms. The van der Waals surface area contributed by atoms with Crippen LogP contribution in [0.3, 0.4) is 0 Å². The molecule has 3 rings (SSSR count). The zero-order valence-electron chi connectivity index (χ0n) is 12.1. The Labute approximate surface area is 125 Å². The van der Waals surface area contributed by atoms with Gasteiger partial charge in [-0.3, -0.25) is 0 Å². The second-order valence-electron chi connectivity index (χ2n) is 5.48. The Morgan fingerprint density at radius 3 is 2.71 bits per heavy atom. The fraction of sp³-hybridized carbons (Fsp3) is 0.438. The molecule has 1 aliphatic rings. The van der Waals surface area contributed by atoms with Crippen LogP contribution in [0, 0.1) is 5.92 Å². The zero-order chi connectivity index (χ0) is 14.3. The molecule has 3 heterocycles. The Bertz CT molecular complexity index is 552. The fourth-order valence-electron chi connectivity index (χ4n) is 2.72. The fourth-order valence-corrected chi connectivity index (χ4v) is 2.72. The van der Waals surface area contributed by atoms with Gasteiger partial charge in [0.25, 0.3) is 0 Å². The van der Waals surface area contributed by atoms with E-state index in [1.807, 2.05) is 6.20 Å². The van der Waals surface area contributed by atoms with Crippen LogP contribution in [0.15, 0.2) is 36.8 Å². The van der Waals surface area contributed by atoms with Gasteiger partial charge in [0.15, 0.2) is 0 Å². The van der Waals surface area contributed by atoms with Crippen LogP contribution in [-0.2, 0) is 6.42 Å². The molecule has 0 saturated carbocycles. The Balaban J connectivity index is 1.57. The lowest BCUT2D eigenvalue weighted by Gasteiger charge is -2.22. The highest BCUT2D eigenvalue weighted by Crippen LogP contribution is 2.20. The largest absolute Gasteiger partial charge is 0.317 e. The molecule has 21 heavy (non-hydrogen) atoms. The van der Waals surface area contributed by atoms with E-state index in [0.29, 0.717) is 5.95 Å². The molecule has 0 radical (unpaired) electrons. The summed E-state index contributed by atoms with van der Waals surface area (Å²) in [5.41, 5.74) is 1.32. The van der Waals surface area contributed by atoms with Gasteiger partial charge in [-0.1, -0.05) is 0 Å². The number of anilines is 2. The van der Waals surface area contributed by atoms with E-state index in [-0.39, 0.29) is 0 Å². The van der Waals surface area contributed by atoms with Crippen molar-refractivity contribution in [3.05, 3.63) is 42.4 Å². The molecule has 0 aromatic carbocycles. The standard InChI is InChI=1S/C16H21N5/c1-7-19-16(20-8-1)21-15-12-14(6-11-18-15)3-2-13-4-9-17-10-5-13/h1,6-8,11-13,17H,2-5,9-10H2,(H,18,19,20,21). The van der Waals surface area contributed by atoms with Crippen LogP contribution in [0.25, 0.3) is 0 Å². The molecule has 0 amide bonds. The number of piperidine rings is 1. The second kappa shape index (κ2) is 7.13. The summed E-state index contributed by atoms with van der Waals surface area (Å²) in [6.45, 7) is 2.33. The molecular formula is C16H21N5. The average molecular weight is 283 g/mol. The molecule has 0 bridgehead atoms. The molecule has 0 atom stereocenters. The highest BCUT2D eigenvalue weighted by atomic mass is 15.1. The normalized spacial score (nSPS) is 15.8. The molecule has 5 nitrogen and oxygen atoms in total. The summed E-state index contributed by atoms with van der Waals surface area (Å²) in [5, 5.41) is 6.55. The van der Waals surface area contributed by atoms with E-state index in [1.165, 1.54) is 37.9 Å². The minimum absolute atomic E-state index is 0.584. The number of pyridine rings is 1. The summed E-state index contributed by atoms with van der Waals surface area (Å²) in [4.78, 5) is 12.6. The Morgan fingerprint density at radius 2 is 1.90 bits per heavy atom. The third kappa shape index (κ3) is 4.23. The second-order valence-corrected chi connectivity index (χ2v) is 5.48. The van der Waals surface area contributed by atoms with Gasteiger partial charge in [-0.15, -0.1) is 0 Å². The summed E-state index contributed by atoms with van der Waals surface area (Å²) in [6.07, 6.45) is 10.3. The van der Waals surface area contributed by atoms with Gasteiger partial charge >= 0.3 is 0 Å². The van der Waals surface area contributed by atoms with E-state index >= 15 is 0 Å². The first-order valence-corrected chi connectivity index (χ1v) is 7.60. The van der Waals surface area contributed by atoms with Crippen LogP contribution < -0.4 is 10.6 Å². The van der Waals surface area contributed by atoms with Crippen molar-refractivity contribution in [2.45, 2.75) is 25.7 Å². The SMILES string of the molecule is c1cnc(Nc2cc(CCC3CCNCC3)ccn2)nc1. The molecule has 2 N–H and O–H groups in total. The summed E-state index contributed by atoms with van der Waals surface area (Å²) >= 11 is 0. The summed E-state index contributed by atoms with van der Waals surface area (Å²) in [6, 6.07) is 5.99. The lowest BCUT2D eigenvalue weighted by molar-refractivity contribution is 0.354. The Hall–Kier alpha value is -2.01. The van der Waals surface area contributed by atoms with Crippen LogP contribution in [-0.4, -0.2) is 28.0 Å². The zero-order valence-corrected chi connectivity index (χ0v) is 12.1. The average Bonchev–Trinajstić information content (AvgIpc) is 2.55. The topological polar surface area (TPSA) is 62.7 Å². The van der Waals surface area contributed by atoms with Crippen molar-refractivity contribution < 1.29 is 0 Å². The van der Waals surface area contributed by atoms with Gasteiger partial charge in [-0.2, -0.15) is 0 Å². The number of hydrogen-bond acceptors (Lipinski definition) is 5. The maximum atomic E-state index is 4.33. The van der Waals surface area contributed by atoms with E-state index in [0.717, 1.165) is 18.2 Å². The first-order chi connectivity index (χ1) is 10.4. The predicted octanol–water partition coefficient (Wildman–Crippen LogP) is 2.55. The highest BCUT2D eigenvalue weighted by Gasteiger charge is 2.12. The van der Waals surface area contributed by atoms with Crippen LogP contribution in [0.4, 0.5) is 11.8 Å². The van der Waals surface area contributed by atoms with Gasteiger partial charge in [0.2, 0.25) is 5.95 Å². The monoisotopic (exact) mass is 283 g/mol. The van der Waals surface area contributed by atoms with Gasteiger partial charge in [0, 0.05) is 18.6 Å². The molecule has 2 aromatic rings. The van der Waals surface area contributed by atoms with Crippen LogP contribution in [0.5, 0.6) is 0 Å². The molecule has 1 aliphatic heterocycles. The van der Waals surface area contributed by atoms with E-state index in [4.69, 9.17) is 0 Å². The molecule has 0 unspecified atom stereocenters. The number of nitrogens with zero attached hydrogens (tertiary/aromatic N) is 3. The first-order valence-electron chi connectivity index (χ1n) is 7.60. The van der Waals surface area contributed by atoms with Crippen molar-refractivity contribution in [3.8, 4) is 0 Å². The Kier molecular flexibility index (Phi) is 4.74. The smallest absolute Gasteiger partial charge is 0.228 e. The predicted molar refractivity (Wildman–Crippen MR) is 83.5 cm³/mol. The van der Waals surface area contributed by atoms with E-state index in [1.54, 1.807) is 18.5 Å². The highest BCUT2D eigenvalue weighted by molar-refractivity contribution is 5.48. The quantitative estimate of drug-likeness (QED) is 0.883. The van der Waals surface area contributed by atoms with Gasteiger partial charge in [0.05, 0.1) is 0 Å². The van der Waals surface area contributed by atoms with Crippen LogP contribution in [0.1, 0.15) is 24.8 Å². The Morgan fingerprint density at radius 1 is 1.10 bits per heavy atom. The molecule has 1 saturated heterocycles. The first kappa shape index (κ1) is 13.9. The van der Waals surface area contributed by atoms with Crippen molar-refractivity contribution in [1.82, 2.24) is 20.3 Å². The van der Waals surface area contributed by atoms with E-state index < -0.39 is 0 Å². The third-order valence-corrected chi connectivity index (χ3v) is 3.93. The van der Waals surface area contributed by atoms with E-state index in [9.17, 15) is 0 Å². The summed E-state index contributed by atoms with van der Waals surface area (Å²) < 4.78 is 0. The number of rotatable bonds is 5. The van der Waals surface area contributed by atoms with Crippen molar-refractivity contribution >= 4 is 11.8 Å². The maximum absolute atomic E-state index is 4.33. The van der Waals surface area contributed by atoms with Gasteiger partial charge in [-0.25, -0.2) is 15.0 Å². The van der Waals surface area contributed by atoms with Gasteiger partial charge in [-0.05, 0) is 68.5 Å². The summed E-state index contributed by atoms with van der Waals surface area (Å²) in [5.74, 6) is 2.25. The van der Waals surface area contributed by atoms with Crippen molar-refractivity contribution in [2.24, 2.45) is 5.92 Å². The minimum Gasteiger partial charge on any atom is -0.317 e. The van der Waals surface area contributed by atoms with Crippen LogP contribution in [0.2, 0.25) is 0 Å². The molecular weight excluding hydrogens is 262 g/mol. The molecule has 110 valence electrons. The number of nitrogens with one attached hydrogen (secondary N) is 2. The van der Waals surface area contributed by atoms with Crippen LogP contribution >= 0.6 is 0 Å². The molecule has 5 heteroatoms. The number of hydrogen-bond donors (Lipinski definition) is 2. The van der Waals surface area contributed by atoms with Gasteiger partial charge in [0.1, 0.15) is 5.82 Å². The lowest BCUT2D eigenvalue weighted by atomic mass is 9.91. The minimum atomic E-state index is 0.584. The number of aryl methyl sites for hydroxylation is 1. The van der Waals surface area contributed by atoms with Crippen molar-refractivity contribution in [1.29, 1.82) is 0 Å². The molecule has 0 aliphatic carbocycles. The van der Waals surface area contributed by atoms with E-state index in [2.05, 4.69) is 37.7 Å². The summed E-state index contributed by atoms with van der Waals surface area (Å²) in [7, 11) is 0. The number of aromatic nitrogens is 3. The maximum Gasteiger partial charge on any atom is 0.228 e. The lowest BCUT2D eigenvalue weighted by Crippen LogP contribution is -2.27. The molecule has 1 fully saturated rings. The third-order valence-electron chi connectivity index (χ3n) is 3.93. The molecule has 2 aromatic heterocycles.